The molecule has 2 fully saturated rings. The van der Waals surface area contributed by atoms with Gasteiger partial charge < -0.3 is 10.1 Å². The molecule has 2 amide bonds. The average molecular weight is 198 g/mol. The van der Waals surface area contributed by atoms with Gasteiger partial charge in [-0.1, -0.05) is 0 Å². The van der Waals surface area contributed by atoms with Crippen LogP contribution in [0.4, 0.5) is 0 Å². The summed E-state index contributed by atoms with van der Waals surface area (Å²) >= 11 is 0. The summed E-state index contributed by atoms with van der Waals surface area (Å²) in [6.07, 6.45) is 0.735. The Labute approximate surface area is 82.4 Å². The van der Waals surface area contributed by atoms with Gasteiger partial charge in [-0.05, 0) is 0 Å². The van der Waals surface area contributed by atoms with Crippen molar-refractivity contribution in [3.8, 4) is 0 Å². The quantitative estimate of drug-likeness (QED) is 0.586. The molecular weight excluding hydrogens is 184 g/mol. The highest BCUT2D eigenvalue weighted by Gasteiger charge is 2.31. The molecule has 1 unspecified atom stereocenters. The van der Waals surface area contributed by atoms with E-state index in [1.54, 1.807) is 0 Å². The lowest BCUT2D eigenvalue weighted by molar-refractivity contribution is -0.139. The van der Waals surface area contributed by atoms with E-state index in [1.165, 1.54) is 4.90 Å². The van der Waals surface area contributed by atoms with Crippen LogP contribution in [0.3, 0.4) is 0 Å². The number of hydrogen-bond donors (Lipinski definition) is 1. The summed E-state index contributed by atoms with van der Waals surface area (Å²) in [6.45, 7) is 2.54. The first-order valence-electron chi connectivity index (χ1n) is 4.91. The Balaban J connectivity index is 1.89. The van der Waals surface area contributed by atoms with Crippen molar-refractivity contribution >= 4 is 11.8 Å². The third-order valence-electron chi connectivity index (χ3n) is 2.56. The Morgan fingerprint density at radius 3 is 2.64 bits per heavy atom. The Bertz CT molecular complexity index is 232. The number of ether oxygens (including phenoxy) is 1. The highest BCUT2D eigenvalue weighted by molar-refractivity contribution is 6.01. The van der Waals surface area contributed by atoms with E-state index in [0.717, 1.165) is 6.54 Å². The normalized spacial score (nSPS) is 28.6. The van der Waals surface area contributed by atoms with Crippen molar-refractivity contribution in [2.45, 2.75) is 18.9 Å². The molecular formula is C9H14N2O3. The smallest absolute Gasteiger partial charge is 0.229 e. The molecule has 5 nitrogen and oxygen atoms in total. The number of hydrogen-bond acceptors (Lipinski definition) is 4. The molecule has 0 spiro atoms. The molecule has 78 valence electrons. The molecule has 1 atom stereocenters. The summed E-state index contributed by atoms with van der Waals surface area (Å²) in [5.41, 5.74) is 0. The first kappa shape index (κ1) is 9.61. The molecule has 2 heterocycles. The number of rotatable bonds is 2. The van der Waals surface area contributed by atoms with E-state index >= 15 is 0 Å². The third kappa shape index (κ3) is 1.93. The van der Waals surface area contributed by atoms with Gasteiger partial charge >= 0.3 is 0 Å². The first-order valence-corrected chi connectivity index (χ1v) is 4.91. The SMILES string of the molecule is O=C1CCC(=O)N1CC1COCCN1. The summed E-state index contributed by atoms with van der Waals surface area (Å²) < 4.78 is 5.25. The fourth-order valence-electron chi connectivity index (χ4n) is 1.78. The Morgan fingerprint density at radius 1 is 1.36 bits per heavy atom. The van der Waals surface area contributed by atoms with Crippen LogP contribution in [0.5, 0.6) is 0 Å². The fourth-order valence-corrected chi connectivity index (χ4v) is 1.78. The summed E-state index contributed by atoms with van der Waals surface area (Å²) in [7, 11) is 0. The van der Waals surface area contributed by atoms with Crippen LogP contribution in [-0.2, 0) is 14.3 Å². The predicted molar refractivity (Wildman–Crippen MR) is 48.6 cm³/mol. The van der Waals surface area contributed by atoms with Gasteiger partial charge in [0.15, 0.2) is 0 Å². The molecule has 2 rings (SSSR count). The van der Waals surface area contributed by atoms with Crippen molar-refractivity contribution in [3.63, 3.8) is 0 Å². The fraction of sp³-hybridized carbons (Fsp3) is 0.778. The minimum Gasteiger partial charge on any atom is -0.378 e. The molecule has 0 aromatic heterocycles. The second-order valence-corrected chi connectivity index (χ2v) is 3.62. The Morgan fingerprint density at radius 2 is 2.07 bits per heavy atom. The number of imide groups is 1. The van der Waals surface area contributed by atoms with Gasteiger partial charge in [-0.3, -0.25) is 14.5 Å². The molecule has 14 heavy (non-hydrogen) atoms. The number of nitrogens with zero attached hydrogens (tertiary/aromatic N) is 1. The van der Waals surface area contributed by atoms with E-state index in [0.29, 0.717) is 32.6 Å². The molecule has 0 saturated carbocycles. The van der Waals surface area contributed by atoms with Crippen molar-refractivity contribution < 1.29 is 14.3 Å². The molecule has 0 bridgehead atoms. The van der Waals surface area contributed by atoms with E-state index in [-0.39, 0.29) is 17.9 Å². The maximum absolute atomic E-state index is 11.3. The molecule has 5 heteroatoms. The maximum atomic E-state index is 11.3. The van der Waals surface area contributed by atoms with Crippen molar-refractivity contribution in [1.29, 1.82) is 0 Å². The van der Waals surface area contributed by atoms with Crippen LogP contribution >= 0.6 is 0 Å². The predicted octanol–water partition coefficient (Wildman–Crippen LogP) is -0.876. The zero-order valence-corrected chi connectivity index (χ0v) is 7.99. The summed E-state index contributed by atoms with van der Waals surface area (Å²) in [5.74, 6) is -0.107. The van der Waals surface area contributed by atoms with E-state index in [2.05, 4.69) is 5.32 Å². The minimum absolute atomic E-state index is 0.0534. The highest BCUT2D eigenvalue weighted by atomic mass is 16.5. The molecule has 0 aliphatic carbocycles. The lowest BCUT2D eigenvalue weighted by Gasteiger charge is -2.27. The largest absolute Gasteiger partial charge is 0.378 e. The number of carbonyl (C=O) groups excluding carboxylic acids is 2. The maximum Gasteiger partial charge on any atom is 0.229 e. The van der Waals surface area contributed by atoms with E-state index < -0.39 is 0 Å². The zero-order valence-electron chi connectivity index (χ0n) is 7.99. The van der Waals surface area contributed by atoms with Crippen LogP contribution in [0.1, 0.15) is 12.8 Å². The van der Waals surface area contributed by atoms with Crippen molar-refractivity contribution in [2.75, 3.05) is 26.3 Å². The van der Waals surface area contributed by atoms with Crippen LogP contribution in [-0.4, -0.2) is 49.1 Å². The lowest BCUT2D eigenvalue weighted by atomic mass is 10.2. The van der Waals surface area contributed by atoms with Gasteiger partial charge in [0.1, 0.15) is 0 Å². The van der Waals surface area contributed by atoms with Crippen molar-refractivity contribution in [1.82, 2.24) is 10.2 Å². The third-order valence-corrected chi connectivity index (χ3v) is 2.56. The monoisotopic (exact) mass is 198 g/mol. The van der Waals surface area contributed by atoms with Crippen LogP contribution in [0.2, 0.25) is 0 Å². The van der Waals surface area contributed by atoms with Crippen molar-refractivity contribution in [2.24, 2.45) is 0 Å². The van der Waals surface area contributed by atoms with Crippen molar-refractivity contribution in [3.05, 3.63) is 0 Å². The molecule has 0 aromatic rings. The molecule has 0 radical (unpaired) electrons. The van der Waals surface area contributed by atoms with Crippen LogP contribution in [0, 0.1) is 0 Å². The first-order chi connectivity index (χ1) is 6.77. The average Bonchev–Trinajstić information content (AvgIpc) is 2.51. The number of amides is 2. The van der Waals surface area contributed by atoms with Gasteiger partial charge in [0.05, 0.1) is 13.2 Å². The standard InChI is InChI=1S/C9H14N2O3/c12-8-1-2-9(13)11(8)5-7-6-14-4-3-10-7/h7,10H,1-6H2. The summed E-state index contributed by atoms with van der Waals surface area (Å²) in [5, 5.41) is 3.22. The Kier molecular flexibility index (Phi) is 2.79. The number of morpholine rings is 1. The molecule has 2 aliphatic heterocycles. The highest BCUT2D eigenvalue weighted by Crippen LogP contribution is 2.12. The van der Waals surface area contributed by atoms with Crippen LogP contribution in [0.25, 0.3) is 0 Å². The second-order valence-electron chi connectivity index (χ2n) is 3.62. The molecule has 2 saturated heterocycles. The molecule has 0 aromatic carbocycles. The zero-order chi connectivity index (χ0) is 9.97. The Hall–Kier alpha value is -0.940. The van der Waals surface area contributed by atoms with E-state index in [9.17, 15) is 9.59 Å². The van der Waals surface area contributed by atoms with Gasteiger partial charge in [0.2, 0.25) is 11.8 Å². The van der Waals surface area contributed by atoms with Crippen LogP contribution < -0.4 is 5.32 Å². The molecule has 2 aliphatic rings. The number of nitrogens with one attached hydrogen (secondary N) is 1. The second kappa shape index (κ2) is 4.06. The minimum atomic E-state index is -0.0534. The topological polar surface area (TPSA) is 58.6 Å². The van der Waals surface area contributed by atoms with Gasteiger partial charge in [0.25, 0.3) is 0 Å². The number of carbonyl (C=O) groups is 2. The lowest BCUT2D eigenvalue weighted by Crippen LogP contribution is -2.49. The van der Waals surface area contributed by atoms with Crippen LogP contribution in [0.15, 0.2) is 0 Å². The van der Waals surface area contributed by atoms with E-state index in [1.807, 2.05) is 0 Å². The molecule has 1 N–H and O–H groups in total. The van der Waals surface area contributed by atoms with Gasteiger partial charge in [0, 0.05) is 32.0 Å². The van der Waals surface area contributed by atoms with Gasteiger partial charge in [-0.2, -0.15) is 0 Å². The van der Waals surface area contributed by atoms with E-state index in [4.69, 9.17) is 4.74 Å². The summed E-state index contributed by atoms with van der Waals surface area (Å²) in [6, 6.07) is 0.106. The van der Waals surface area contributed by atoms with Gasteiger partial charge in [-0.15, -0.1) is 0 Å². The number of likely N-dealkylation sites (tertiary alicyclic amines) is 1. The van der Waals surface area contributed by atoms with Gasteiger partial charge in [-0.25, -0.2) is 0 Å². The summed E-state index contributed by atoms with van der Waals surface area (Å²) in [4.78, 5) is 23.9.